The van der Waals surface area contributed by atoms with Crippen LogP contribution >= 0.6 is 15.9 Å². The number of aliphatic hydroxyl groups excluding tert-OH is 1. The summed E-state index contributed by atoms with van der Waals surface area (Å²) in [6.45, 7) is 4.38. The fraction of sp³-hybridized carbons (Fsp3) is 0.533. The molecule has 0 aliphatic heterocycles. The van der Waals surface area contributed by atoms with Crippen LogP contribution in [0.5, 0.6) is 0 Å². The first-order valence-corrected chi connectivity index (χ1v) is 7.78. The summed E-state index contributed by atoms with van der Waals surface area (Å²) in [5, 5.41) is 15.1. The van der Waals surface area contributed by atoms with Crippen LogP contribution in [0.3, 0.4) is 0 Å². The molecule has 5 heteroatoms. The zero-order valence-corrected chi connectivity index (χ0v) is 13.6. The monoisotopic (exact) mass is 342 g/mol. The van der Waals surface area contributed by atoms with Gasteiger partial charge in [-0.05, 0) is 37.8 Å². The van der Waals surface area contributed by atoms with E-state index >= 15 is 0 Å². The fourth-order valence-corrected chi connectivity index (χ4v) is 2.32. The SMILES string of the molecule is CCC(O)CCNC(=O)NC(C)Cc1ccccc1Br. The van der Waals surface area contributed by atoms with Crippen LogP contribution in [-0.2, 0) is 6.42 Å². The van der Waals surface area contributed by atoms with Crippen LogP contribution in [0.1, 0.15) is 32.3 Å². The van der Waals surface area contributed by atoms with E-state index in [1.165, 1.54) is 5.56 Å². The van der Waals surface area contributed by atoms with Crippen molar-refractivity contribution < 1.29 is 9.90 Å². The number of carbonyl (C=O) groups excluding carboxylic acids is 1. The van der Waals surface area contributed by atoms with E-state index in [0.29, 0.717) is 19.4 Å². The zero-order valence-electron chi connectivity index (χ0n) is 12.0. The highest BCUT2D eigenvalue weighted by Gasteiger charge is 2.09. The van der Waals surface area contributed by atoms with Crippen molar-refractivity contribution in [2.45, 2.75) is 45.3 Å². The average Bonchev–Trinajstić information content (AvgIpc) is 2.41. The first kappa shape index (κ1) is 17.0. The molecule has 0 spiro atoms. The van der Waals surface area contributed by atoms with Gasteiger partial charge in [0.05, 0.1) is 6.10 Å². The molecule has 1 rings (SSSR count). The Kier molecular flexibility index (Phi) is 7.62. The van der Waals surface area contributed by atoms with Gasteiger partial charge < -0.3 is 15.7 Å². The Labute approximate surface area is 129 Å². The Morgan fingerprint density at radius 3 is 2.75 bits per heavy atom. The zero-order chi connectivity index (χ0) is 15.0. The molecule has 1 aromatic carbocycles. The minimum atomic E-state index is -0.340. The van der Waals surface area contributed by atoms with Crippen LogP contribution in [0.4, 0.5) is 4.79 Å². The first-order valence-electron chi connectivity index (χ1n) is 6.98. The van der Waals surface area contributed by atoms with Gasteiger partial charge in [-0.15, -0.1) is 0 Å². The molecule has 0 aliphatic carbocycles. The van der Waals surface area contributed by atoms with Crippen molar-refractivity contribution in [1.82, 2.24) is 10.6 Å². The Balaban J connectivity index is 2.30. The lowest BCUT2D eigenvalue weighted by molar-refractivity contribution is 0.160. The second-order valence-electron chi connectivity index (χ2n) is 4.95. The van der Waals surface area contributed by atoms with Crippen LogP contribution in [-0.4, -0.2) is 29.8 Å². The molecule has 0 saturated carbocycles. The lowest BCUT2D eigenvalue weighted by Crippen LogP contribution is -2.42. The number of hydrogen-bond donors (Lipinski definition) is 3. The number of benzene rings is 1. The van der Waals surface area contributed by atoms with Crippen LogP contribution in [0, 0.1) is 0 Å². The lowest BCUT2D eigenvalue weighted by Gasteiger charge is -2.16. The third kappa shape index (κ3) is 6.39. The van der Waals surface area contributed by atoms with Gasteiger partial charge in [0.2, 0.25) is 0 Å². The number of nitrogens with one attached hydrogen (secondary N) is 2. The van der Waals surface area contributed by atoms with Gasteiger partial charge in [0.1, 0.15) is 0 Å². The summed E-state index contributed by atoms with van der Waals surface area (Å²) >= 11 is 3.50. The minimum absolute atomic E-state index is 0.0461. The van der Waals surface area contributed by atoms with Gasteiger partial charge in [0, 0.05) is 17.1 Å². The van der Waals surface area contributed by atoms with Gasteiger partial charge in [0.15, 0.2) is 0 Å². The van der Waals surface area contributed by atoms with Gasteiger partial charge in [-0.25, -0.2) is 4.79 Å². The van der Waals surface area contributed by atoms with E-state index in [1.54, 1.807) is 0 Å². The third-order valence-electron chi connectivity index (χ3n) is 3.10. The normalized spacial score (nSPS) is 13.6. The number of urea groups is 1. The molecule has 0 radical (unpaired) electrons. The Morgan fingerprint density at radius 1 is 1.40 bits per heavy atom. The summed E-state index contributed by atoms with van der Waals surface area (Å²) in [5.41, 5.74) is 1.17. The molecule has 0 saturated heterocycles. The van der Waals surface area contributed by atoms with E-state index in [9.17, 15) is 9.90 Å². The molecular formula is C15H23BrN2O2. The molecule has 4 nitrogen and oxygen atoms in total. The van der Waals surface area contributed by atoms with Crippen molar-refractivity contribution in [3.8, 4) is 0 Å². The molecule has 0 heterocycles. The van der Waals surface area contributed by atoms with Gasteiger partial charge in [-0.3, -0.25) is 0 Å². The van der Waals surface area contributed by atoms with Gasteiger partial charge in [-0.1, -0.05) is 41.1 Å². The smallest absolute Gasteiger partial charge is 0.315 e. The fourth-order valence-electron chi connectivity index (χ4n) is 1.88. The van der Waals surface area contributed by atoms with Gasteiger partial charge in [-0.2, -0.15) is 0 Å². The van der Waals surface area contributed by atoms with Crippen molar-refractivity contribution in [1.29, 1.82) is 0 Å². The summed E-state index contributed by atoms with van der Waals surface area (Å²) in [5.74, 6) is 0. The maximum Gasteiger partial charge on any atom is 0.315 e. The second-order valence-corrected chi connectivity index (χ2v) is 5.80. The van der Waals surface area contributed by atoms with Crippen molar-refractivity contribution in [3.63, 3.8) is 0 Å². The molecule has 3 N–H and O–H groups in total. The number of aliphatic hydroxyl groups is 1. The minimum Gasteiger partial charge on any atom is -0.393 e. The second kappa shape index (κ2) is 8.97. The van der Waals surface area contributed by atoms with Crippen LogP contribution in [0.25, 0.3) is 0 Å². The Bertz CT molecular complexity index is 426. The van der Waals surface area contributed by atoms with Crippen molar-refractivity contribution >= 4 is 22.0 Å². The van der Waals surface area contributed by atoms with E-state index in [1.807, 2.05) is 38.1 Å². The number of amides is 2. The number of hydrogen-bond acceptors (Lipinski definition) is 2. The van der Waals surface area contributed by atoms with E-state index < -0.39 is 0 Å². The highest BCUT2D eigenvalue weighted by atomic mass is 79.9. The Hall–Kier alpha value is -1.07. The summed E-state index contributed by atoms with van der Waals surface area (Å²) in [4.78, 5) is 11.7. The van der Waals surface area contributed by atoms with E-state index in [4.69, 9.17) is 0 Å². The summed E-state index contributed by atoms with van der Waals surface area (Å²) in [6.07, 6.45) is 1.73. The molecule has 0 bridgehead atoms. The lowest BCUT2D eigenvalue weighted by atomic mass is 10.1. The largest absolute Gasteiger partial charge is 0.393 e. The maximum absolute atomic E-state index is 11.7. The Morgan fingerprint density at radius 2 is 2.10 bits per heavy atom. The molecule has 2 unspecified atom stereocenters. The average molecular weight is 343 g/mol. The molecule has 2 amide bonds. The quantitative estimate of drug-likeness (QED) is 0.713. The van der Waals surface area contributed by atoms with Crippen LogP contribution < -0.4 is 10.6 Å². The van der Waals surface area contributed by atoms with Crippen LogP contribution in [0.2, 0.25) is 0 Å². The summed E-state index contributed by atoms with van der Waals surface area (Å²) in [7, 11) is 0. The topological polar surface area (TPSA) is 61.4 Å². The van der Waals surface area contributed by atoms with E-state index in [-0.39, 0.29) is 18.2 Å². The maximum atomic E-state index is 11.7. The number of rotatable bonds is 7. The molecule has 1 aromatic rings. The van der Waals surface area contributed by atoms with Crippen molar-refractivity contribution in [2.75, 3.05) is 6.54 Å². The van der Waals surface area contributed by atoms with Gasteiger partial charge in [0.25, 0.3) is 0 Å². The summed E-state index contributed by atoms with van der Waals surface area (Å²) in [6, 6.07) is 7.85. The van der Waals surface area contributed by atoms with E-state index in [2.05, 4.69) is 26.6 Å². The third-order valence-corrected chi connectivity index (χ3v) is 3.87. The highest BCUT2D eigenvalue weighted by Crippen LogP contribution is 2.17. The molecule has 0 aliphatic rings. The molecule has 20 heavy (non-hydrogen) atoms. The number of halogens is 1. The van der Waals surface area contributed by atoms with Gasteiger partial charge >= 0.3 is 6.03 Å². The molecule has 112 valence electrons. The standard InChI is InChI=1S/C15H23BrN2O2/c1-3-13(19)8-9-17-15(20)18-11(2)10-12-6-4-5-7-14(12)16/h4-7,11,13,19H,3,8-10H2,1-2H3,(H2,17,18,20). The molecule has 2 atom stereocenters. The highest BCUT2D eigenvalue weighted by molar-refractivity contribution is 9.10. The molecule has 0 aromatic heterocycles. The van der Waals surface area contributed by atoms with Crippen molar-refractivity contribution in [3.05, 3.63) is 34.3 Å². The number of carbonyl (C=O) groups is 1. The van der Waals surface area contributed by atoms with Crippen molar-refractivity contribution in [2.24, 2.45) is 0 Å². The predicted octanol–water partition coefficient (Wildman–Crippen LogP) is 2.84. The predicted molar refractivity (Wildman–Crippen MR) is 84.8 cm³/mol. The first-order chi connectivity index (χ1) is 9.52. The van der Waals surface area contributed by atoms with E-state index in [0.717, 1.165) is 10.9 Å². The molecular weight excluding hydrogens is 320 g/mol. The summed E-state index contributed by atoms with van der Waals surface area (Å²) < 4.78 is 1.06. The van der Waals surface area contributed by atoms with Crippen LogP contribution in [0.15, 0.2) is 28.7 Å². The molecule has 0 fully saturated rings.